The summed E-state index contributed by atoms with van der Waals surface area (Å²) in [7, 11) is 0. The van der Waals surface area contributed by atoms with Crippen LogP contribution in [0, 0.1) is 0 Å². The molecule has 3 aromatic heterocycles. The standard InChI is InChI=1S/C25H19N3O3/c26-24(29)25(30,18-7-2-1-3-8-18)19-9-4-6-16(12-19)21-15-28-23-20(21)13-17(14-27-23)22-10-5-11-31-22/h1-15,30H,(H2,26,29)(H,27,28). The highest BCUT2D eigenvalue weighted by atomic mass is 16.3. The Hall–Kier alpha value is -4.16. The zero-order valence-electron chi connectivity index (χ0n) is 16.4. The van der Waals surface area contributed by atoms with E-state index in [1.165, 1.54) is 0 Å². The number of primary amides is 1. The van der Waals surface area contributed by atoms with Crippen molar-refractivity contribution in [2.24, 2.45) is 5.73 Å². The quantitative estimate of drug-likeness (QED) is 0.404. The topological polar surface area (TPSA) is 105 Å². The number of benzene rings is 2. The predicted octanol–water partition coefficient (Wildman–Crippen LogP) is 4.21. The SMILES string of the molecule is NC(=O)C(O)(c1ccccc1)c1cccc(-c2c[nH]c3ncc(-c4ccco4)cc23)c1. The van der Waals surface area contributed by atoms with Crippen molar-refractivity contribution in [1.29, 1.82) is 0 Å². The third-order valence-electron chi connectivity index (χ3n) is 5.48. The minimum absolute atomic E-state index is 0.396. The molecule has 31 heavy (non-hydrogen) atoms. The van der Waals surface area contributed by atoms with E-state index in [0.717, 1.165) is 33.5 Å². The molecule has 0 saturated heterocycles. The summed E-state index contributed by atoms with van der Waals surface area (Å²) in [5.41, 5.74) is 7.81. The van der Waals surface area contributed by atoms with Crippen LogP contribution in [0.15, 0.2) is 95.9 Å². The summed E-state index contributed by atoms with van der Waals surface area (Å²) in [5, 5.41) is 12.2. The number of carbonyl (C=O) groups is 1. The summed E-state index contributed by atoms with van der Waals surface area (Å²) < 4.78 is 5.50. The molecule has 6 nitrogen and oxygen atoms in total. The molecule has 0 saturated carbocycles. The lowest BCUT2D eigenvalue weighted by molar-refractivity contribution is -0.133. The van der Waals surface area contributed by atoms with Gasteiger partial charge in [-0.2, -0.15) is 0 Å². The van der Waals surface area contributed by atoms with E-state index in [1.807, 2.05) is 36.5 Å². The number of pyridine rings is 1. The van der Waals surface area contributed by atoms with E-state index in [0.29, 0.717) is 11.1 Å². The van der Waals surface area contributed by atoms with Gasteiger partial charge in [-0.05, 0) is 41.0 Å². The third-order valence-corrected chi connectivity index (χ3v) is 5.48. The molecule has 6 heteroatoms. The number of aromatic nitrogens is 2. The third kappa shape index (κ3) is 3.10. The van der Waals surface area contributed by atoms with E-state index in [9.17, 15) is 9.90 Å². The molecule has 0 aliphatic carbocycles. The van der Waals surface area contributed by atoms with Crippen LogP contribution in [0.1, 0.15) is 11.1 Å². The summed E-state index contributed by atoms with van der Waals surface area (Å²) in [6.45, 7) is 0. The van der Waals surface area contributed by atoms with Crippen LogP contribution < -0.4 is 5.73 Å². The Balaban J connectivity index is 1.65. The van der Waals surface area contributed by atoms with Crippen molar-refractivity contribution in [3.05, 3.63) is 103 Å². The monoisotopic (exact) mass is 409 g/mol. The number of nitrogens with one attached hydrogen (secondary N) is 1. The number of rotatable bonds is 5. The number of H-pyrrole nitrogens is 1. The molecule has 0 spiro atoms. The number of fused-ring (bicyclic) bond motifs is 1. The van der Waals surface area contributed by atoms with Crippen LogP contribution in [0.5, 0.6) is 0 Å². The normalized spacial score (nSPS) is 13.2. The van der Waals surface area contributed by atoms with Gasteiger partial charge < -0.3 is 20.2 Å². The van der Waals surface area contributed by atoms with Gasteiger partial charge in [0.25, 0.3) is 5.91 Å². The average Bonchev–Trinajstić information content (AvgIpc) is 3.49. The fourth-order valence-electron chi connectivity index (χ4n) is 3.86. The zero-order valence-corrected chi connectivity index (χ0v) is 16.4. The summed E-state index contributed by atoms with van der Waals surface area (Å²) in [4.78, 5) is 20.0. The van der Waals surface area contributed by atoms with Crippen LogP contribution >= 0.6 is 0 Å². The highest BCUT2D eigenvalue weighted by Crippen LogP contribution is 2.35. The van der Waals surface area contributed by atoms with Gasteiger partial charge in [-0.1, -0.05) is 48.5 Å². The molecule has 0 aliphatic heterocycles. The summed E-state index contributed by atoms with van der Waals surface area (Å²) in [6, 6.07) is 21.6. The van der Waals surface area contributed by atoms with Gasteiger partial charge in [0.05, 0.1) is 6.26 Å². The van der Waals surface area contributed by atoms with Gasteiger partial charge in [-0.25, -0.2) is 4.98 Å². The van der Waals surface area contributed by atoms with Gasteiger partial charge in [0, 0.05) is 28.9 Å². The maximum atomic E-state index is 12.4. The second-order valence-electron chi connectivity index (χ2n) is 7.32. The maximum absolute atomic E-state index is 12.4. The Bertz CT molecular complexity index is 1370. The second-order valence-corrected chi connectivity index (χ2v) is 7.32. The van der Waals surface area contributed by atoms with E-state index >= 15 is 0 Å². The van der Waals surface area contributed by atoms with Gasteiger partial charge in [0.1, 0.15) is 11.4 Å². The summed E-state index contributed by atoms with van der Waals surface area (Å²) in [6.07, 6.45) is 5.23. The summed E-state index contributed by atoms with van der Waals surface area (Å²) >= 11 is 0. The minimum Gasteiger partial charge on any atom is -0.464 e. The average molecular weight is 409 g/mol. The number of aromatic amines is 1. The first-order valence-corrected chi connectivity index (χ1v) is 9.77. The second kappa shape index (κ2) is 7.27. The Kier molecular flexibility index (Phi) is 4.42. The number of hydrogen-bond donors (Lipinski definition) is 3. The van der Waals surface area contributed by atoms with Crippen molar-refractivity contribution in [3.8, 4) is 22.5 Å². The molecule has 1 unspecified atom stereocenters. The van der Waals surface area contributed by atoms with Crippen molar-refractivity contribution < 1.29 is 14.3 Å². The molecule has 152 valence electrons. The molecular formula is C25H19N3O3. The molecule has 0 aliphatic rings. The maximum Gasteiger partial charge on any atom is 0.258 e. The van der Waals surface area contributed by atoms with Crippen LogP contribution in [0.25, 0.3) is 33.5 Å². The van der Waals surface area contributed by atoms with Crippen molar-refractivity contribution in [2.75, 3.05) is 0 Å². The van der Waals surface area contributed by atoms with Crippen LogP contribution in [0.3, 0.4) is 0 Å². The number of nitrogens with zero attached hydrogens (tertiary/aromatic N) is 1. The van der Waals surface area contributed by atoms with Gasteiger partial charge >= 0.3 is 0 Å². The molecule has 0 fully saturated rings. The molecule has 3 heterocycles. The van der Waals surface area contributed by atoms with Crippen LogP contribution in [-0.4, -0.2) is 21.0 Å². The molecule has 0 radical (unpaired) electrons. The van der Waals surface area contributed by atoms with Crippen molar-refractivity contribution in [2.45, 2.75) is 5.60 Å². The Labute approximate surface area is 178 Å². The molecule has 1 amide bonds. The predicted molar refractivity (Wildman–Crippen MR) is 118 cm³/mol. The number of hydrogen-bond acceptors (Lipinski definition) is 4. The van der Waals surface area contributed by atoms with Gasteiger partial charge in [0.2, 0.25) is 0 Å². The molecule has 2 aromatic carbocycles. The van der Waals surface area contributed by atoms with Crippen LogP contribution in [0.2, 0.25) is 0 Å². The van der Waals surface area contributed by atoms with Crippen molar-refractivity contribution in [3.63, 3.8) is 0 Å². The highest BCUT2D eigenvalue weighted by molar-refractivity contribution is 5.96. The smallest absolute Gasteiger partial charge is 0.258 e. The molecule has 0 bridgehead atoms. The minimum atomic E-state index is -1.94. The fraction of sp³-hybridized carbons (Fsp3) is 0.0400. The van der Waals surface area contributed by atoms with Gasteiger partial charge in [-0.3, -0.25) is 4.79 Å². The molecule has 1 atom stereocenters. The number of carbonyl (C=O) groups excluding carboxylic acids is 1. The highest BCUT2D eigenvalue weighted by Gasteiger charge is 2.38. The lowest BCUT2D eigenvalue weighted by Gasteiger charge is -2.26. The first kappa shape index (κ1) is 18.8. The van der Waals surface area contributed by atoms with Gasteiger partial charge in [-0.15, -0.1) is 0 Å². The number of furan rings is 1. The van der Waals surface area contributed by atoms with E-state index in [1.54, 1.807) is 54.9 Å². The van der Waals surface area contributed by atoms with Crippen molar-refractivity contribution >= 4 is 16.9 Å². The lowest BCUT2D eigenvalue weighted by Crippen LogP contribution is -2.42. The zero-order chi connectivity index (χ0) is 21.4. The Morgan fingerprint density at radius 1 is 0.968 bits per heavy atom. The number of amides is 1. The Morgan fingerprint density at radius 3 is 2.52 bits per heavy atom. The van der Waals surface area contributed by atoms with Gasteiger partial charge in [0.15, 0.2) is 5.60 Å². The summed E-state index contributed by atoms with van der Waals surface area (Å²) in [5.74, 6) is -0.112. The molecule has 4 N–H and O–H groups in total. The molecule has 5 rings (SSSR count). The first-order valence-electron chi connectivity index (χ1n) is 9.77. The first-order chi connectivity index (χ1) is 15.1. The molecular weight excluding hydrogens is 390 g/mol. The number of nitrogens with two attached hydrogens (primary N) is 1. The Morgan fingerprint density at radius 2 is 1.77 bits per heavy atom. The molecule has 5 aromatic rings. The van der Waals surface area contributed by atoms with Crippen molar-refractivity contribution in [1.82, 2.24) is 9.97 Å². The van der Waals surface area contributed by atoms with Crippen LogP contribution in [-0.2, 0) is 10.4 Å². The largest absolute Gasteiger partial charge is 0.464 e. The van der Waals surface area contributed by atoms with Crippen LogP contribution in [0.4, 0.5) is 0 Å². The van der Waals surface area contributed by atoms with E-state index in [-0.39, 0.29) is 0 Å². The fourth-order valence-corrected chi connectivity index (χ4v) is 3.86. The van der Waals surface area contributed by atoms with E-state index in [4.69, 9.17) is 10.2 Å². The van der Waals surface area contributed by atoms with E-state index < -0.39 is 11.5 Å². The number of aliphatic hydroxyl groups is 1. The lowest BCUT2D eigenvalue weighted by atomic mass is 9.84. The van der Waals surface area contributed by atoms with E-state index in [2.05, 4.69) is 9.97 Å².